The third-order valence-electron chi connectivity index (χ3n) is 12.0. The number of allylic oxidation sites excluding steroid dienone is 4. The molecule has 9 rings (SSSR count). The number of nitrogens with zero attached hydrogens (tertiary/aromatic N) is 3. The molecular formula is C52H51N3. The van der Waals surface area contributed by atoms with Crippen LogP contribution >= 0.6 is 0 Å². The molecule has 2 aliphatic rings. The fourth-order valence-corrected chi connectivity index (χ4v) is 9.16. The molecule has 0 spiro atoms. The molecule has 0 amide bonds. The summed E-state index contributed by atoms with van der Waals surface area (Å²) in [5, 5.41) is 2.55. The van der Waals surface area contributed by atoms with Gasteiger partial charge in [-0.15, -0.1) is 0 Å². The standard InChI is InChI=1S/C52H51N3/c1-6-36(2)47(35-52(3,4)5)37-23-25-38(26-24-37)53(39-27-31-41(32-28-39)54-48-19-11-7-15-43(48)44-16-8-12-20-49(44)54)40-29-33-42(34-30-40)55-50-21-13-9-17-45(50)46-18-10-14-22-51(46)55/h7-17,19-34,36,46-47H,6,18,35H2,1-5H3. The first-order valence-corrected chi connectivity index (χ1v) is 20.1. The second-order valence-corrected chi connectivity index (χ2v) is 16.8. The minimum atomic E-state index is 0.262. The van der Waals surface area contributed by atoms with Crippen LogP contribution in [0, 0.1) is 11.3 Å². The van der Waals surface area contributed by atoms with Gasteiger partial charge in [0.15, 0.2) is 0 Å². The first kappa shape index (κ1) is 34.9. The number of anilines is 5. The molecule has 3 atom stereocenters. The first-order chi connectivity index (χ1) is 26.8. The minimum absolute atomic E-state index is 0.262. The lowest BCUT2D eigenvalue weighted by molar-refractivity contribution is 0.288. The van der Waals surface area contributed by atoms with Crippen molar-refractivity contribution in [3.05, 3.63) is 181 Å². The van der Waals surface area contributed by atoms with Crippen LogP contribution in [0.25, 0.3) is 27.5 Å². The third-order valence-corrected chi connectivity index (χ3v) is 12.0. The molecule has 1 aliphatic carbocycles. The molecule has 0 saturated heterocycles. The zero-order valence-electron chi connectivity index (χ0n) is 32.8. The summed E-state index contributed by atoms with van der Waals surface area (Å²) in [5.74, 6) is 1.54. The van der Waals surface area contributed by atoms with Crippen molar-refractivity contribution in [2.45, 2.75) is 65.7 Å². The topological polar surface area (TPSA) is 11.4 Å². The Morgan fingerprint density at radius 2 is 1.20 bits per heavy atom. The summed E-state index contributed by atoms with van der Waals surface area (Å²) in [6, 6.07) is 54.1. The van der Waals surface area contributed by atoms with Crippen molar-refractivity contribution in [1.82, 2.24) is 4.57 Å². The predicted octanol–water partition coefficient (Wildman–Crippen LogP) is 14.9. The molecule has 6 aromatic carbocycles. The number of hydrogen-bond donors (Lipinski definition) is 0. The van der Waals surface area contributed by atoms with E-state index in [1.807, 2.05) is 0 Å². The van der Waals surface area contributed by atoms with Gasteiger partial charge in [-0.05, 0) is 126 Å². The fraction of sp³-hybridized carbons (Fsp3) is 0.231. The summed E-state index contributed by atoms with van der Waals surface area (Å²) in [7, 11) is 0. The molecule has 0 radical (unpaired) electrons. The monoisotopic (exact) mass is 717 g/mol. The van der Waals surface area contributed by atoms with E-state index in [-0.39, 0.29) is 5.41 Å². The normalized spacial score (nSPS) is 16.2. The molecular weight excluding hydrogens is 667 g/mol. The fourth-order valence-electron chi connectivity index (χ4n) is 9.16. The van der Waals surface area contributed by atoms with Crippen molar-refractivity contribution in [3.8, 4) is 5.69 Å². The lowest BCUT2D eigenvalue weighted by Crippen LogP contribution is -2.18. The Kier molecular flexibility index (Phi) is 8.97. The maximum Gasteiger partial charge on any atom is 0.0541 e. The SMILES string of the molecule is CCC(C)C(CC(C)(C)C)c1ccc(N(c2ccc(N3C4=CC=CCC4c4ccccc43)cc2)c2ccc(-n3c4ccccc4c4ccccc43)cc2)cc1. The molecule has 274 valence electrons. The number of para-hydroxylation sites is 3. The van der Waals surface area contributed by atoms with Crippen LogP contribution in [0.2, 0.25) is 0 Å². The lowest BCUT2D eigenvalue weighted by atomic mass is 9.75. The Morgan fingerprint density at radius 1 is 0.655 bits per heavy atom. The Labute approximate surface area is 326 Å². The Hall–Kier alpha value is -5.80. The Balaban J connectivity index is 1.12. The average molecular weight is 718 g/mol. The molecule has 3 nitrogen and oxygen atoms in total. The smallest absolute Gasteiger partial charge is 0.0541 e. The molecule has 0 fully saturated rings. The van der Waals surface area contributed by atoms with Gasteiger partial charge in [0.05, 0.1) is 11.0 Å². The van der Waals surface area contributed by atoms with E-state index in [4.69, 9.17) is 0 Å². The van der Waals surface area contributed by atoms with Gasteiger partial charge in [-0.2, -0.15) is 0 Å². The molecule has 0 bridgehead atoms. The second-order valence-electron chi connectivity index (χ2n) is 16.8. The van der Waals surface area contributed by atoms with Crippen molar-refractivity contribution in [2.24, 2.45) is 11.3 Å². The van der Waals surface area contributed by atoms with E-state index in [0.717, 1.165) is 29.2 Å². The van der Waals surface area contributed by atoms with Gasteiger partial charge in [-0.3, -0.25) is 0 Å². The number of hydrogen-bond acceptors (Lipinski definition) is 2. The number of fused-ring (bicyclic) bond motifs is 6. The second kappa shape index (κ2) is 14.1. The van der Waals surface area contributed by atoms with Crippen molar-refractivity contribution in [2.75, 3.05) is 9.80 Å². The van der Waals surface area contributed by atoms with E-state index in [2.05, 4.69) is 213 Å². The third kappa shape index (κ3) is 6.36. The summed E-state index contributed by atoms with van der Waals surface area (Å²) < 4.78 is 2.39. The number of rotatable bonds is 9. The highest BCUT2D eigenvalue weighted by Gasteiger charge is 2.34. The van der Waals surface area contributed by atoms with Gasteiger partial charge in [0.1, 0.15) is 0 Å². The van der Waals surface area contributed by atoms with E-state index in [0.29, 0.717) is 17.8 Å². The van der Waals surface area contributed by atoms with Crippen molar-refractivity contribution in [3.63, 3.8) is 0 Å². The highest BCUT2D eigenvalue weighted by atomic mass is 15.2. The van der Waals surface area contributed by atoms with Crippen LogP contribution in [0.4, 0.5) is 28.4 Å². The van der Waals surface area contributed by atoms with Gasteiger partial charge < -0.3 is 14.4 Å². The Bertz CT molecular complexity index is 2470. The molecule has 0 saturated carbocycles. The quantitative estimate of drug-likeness (QED) is 0.147. The minimum Gasteiger partial charge on any atom is -0.313 e. The van der Waals surface area contributed by atoms with Crippen LogP contribution in [0.15, 0.2) is 170 Å². The molecule has 1 aromatic heterocycles. The van der Waals surface area contributed by atoms with Gasteiger partial charge in [0.2, 0.25) is 0 Å². The van der Waals surface area contributed by atoms with Crippen molar-refractivity contribution < 1.29 is 0 Å². The van der Waals surface area contributed by atoms with E-state index in [9.17, 15) is 0 Å². The summed E-state index contributed by atoms with van der Waals surface area (Å²) in [6.45, 7) is 11.8. The zero-order chi connectivity index (χ0) is 37.7. The molecule has 1 aliphatic heterocycles. The van der Waals surface area contributed by atoms with Crippen LogP contribution in [0.3, 0.4) is 0 Å². The molecule has 55 heavy (non-hydrogen) atoms. The van der Waals surface area contributed by atoms with Crippen molar-refractivity contribution in [1.29, 1.82) is 0 Å². The van der Waals surface area contributed by atoms with Crippen LogP contribution in [0.1, 0.15) is 76.8 Å². The average Bonchev–Trinajstić information content (AvgIpc) is 3.74. The molecule has 0 N–H and O–H groups in total. The van der Waals surface area contributed by atoms with Crippen LogP contribution < -0.4 is 9.80 Å². The maximum absolute atomic E-state index is 2.46. The van der Waals surface area contributed by atoms with Crippen LogP contribution in [-0.2, 0) is 0 Å². The number of benzene rings is 6. The zero-order valence-corrected chi connectivity index (χ0v) is 32.8. The van der Waals surface area contributed by atoms with Crippen LogP contribution in [0.5, 0.6) is 0 Å². The van der Waals surface area contributed by atoms with E-state index >= 15 is 0 Å². The van der Waals surface area contributed by atoms with Crippen LogP contribution in [-0.4, -0.2) is 4.57 Å². The largest absolute Gasteiger partial charge is 0.313 e. The van der Waals surface area contributed by atoms with Gasteiger partial charge >= 0.3 is 0 Å². The predicted molar refractivity (Wildman–Crippen MR) is 235 cm³/mol. The summed E-state index contributed by atoms with van der Waals surface area (Å²) in [6.07, 6.45) is 10.2. The van der Waals surface area contributed by atoms with E-state index in [1.165, 1.54) is 62.8 Å². The number of aromatic nitrogens is 1. The summed E-state index contributed by atoms with van der Waals surface area (Å²) in [4.78, 5) is 4.87. The highest BCUT2D eigenvalue weighted by molar-refractivity contribution is 6.09. The summed E-state index contributed by atoms with van der Waals surface area (Å²) in [5.41, 5.74) is 14.0. The molecule has 2 heterocycles. The van der Waals surface area contributed by atoms with E-state index in [1.54, 1.807) is 0 Å². The van der Waals surface area contributed by atoms with E-state index < -0.39 is 0 Å². The van der Waals surface area contributed by atoms with Gasteiger partial charge in [-0.25, -0.2) is 0 Å². The highest BCUT2D eigenvalue weighted by Crippen LogP contribution is 2.51. The van der Waals surface area contributed by atoms with Gasteiger partial charge in [0.25, 0.3) is 0 Å². The van der Waals surface area contributed by atoms with Gasteiger partial charge in [0, 0.05) is 56.5 Å². The molecule has 3 heteroatoms. The van der Waals surface area contributed by atoms with Crippen molar-refractivity contribution >= 4 is 50.2 Å². The van der Waals surface area contributed by atoms with Gasteiger partial charge in [-0.1, -0.05) is 120 Å². The maximum atomic E-state index is 2.46. The molecule has 7 aromatic rings. The lowest BCUT2D eigenvalue weighted by Gasteiger charge is -2.31. The molecule has 3 unspecified atom stereocenters. The summed E-state index contributed by atoms with van der Waals surface area (Å²) >= 11 is 0. The Morgan fingerprint density at radius 3 is 1.80 bits per heavy atom. The first-order valence-electron chi connectivity index (χ1n) is 20.1.